The van der Waals surface area contributed by atoms with E-state index in [1.807, 2.05) is 24.3 Å². The Hall–Kier alpha value is -3.55. The zero-order valence-corrected chi connectivity index (χ0v) is 20.4. The highest BCUT2D eigenvalue weighted by Gasteiger charge is 2.32. The van der Waals surface area contributed by atoms with E-state index in [1.54, 1.807) is 27.9 Å². The second-order valence-electron chi connectivity index (χ2n) is 8.96. The van der Waals surface area contributed by atoms with Gasteiger partial charge in [-0.05, 0) is 43.9 Å². The average Bonchev–Trinajstić information content (AvgIpc) is 2.75. The van der Waals surface area contributed by atoms with Crippen molar-refractivity contribution in [1.82, 2.24) is 0 Å². The molecule has 0 aliphatic carbocycles. The molecule has 0 amide bonds. The molecule has 3 rings (SSSR count). The quantitative estimate of drug-likeness (QED) is 0.340. The number of ether oxygens (including phenoxy) is 5. The molecule has 0 radical (unpaired) electrons. The third-order valence-electron chi connectivity index (χ3n) is 5.23. The van der Waals surface area contributed by atoms with Crippen LogP contribution in [0.2, 0.25) is 0 Å². The first-order valence-corrected chi connectivity index (χ1v) is 10.9. The van der Waals surface area contributed by atoms with Gasteiger partial charge in [0.2, 0.25) is 0 Å². The summed E-state index contributed by atoms with van der Waals surface area (Å²) in [6.07, 6.45) is 0.653. The Morgan fingerprint density at radius 1 is 1.09 bits per heavy atom. The molecule has 0 spiro atoms. The van der Waals surface area contributed by atoms with Crippen molar-refractivity contribution in [3.8, 4) is 11.5 Å². The molecule has 2 aromatic rings. The number of ketones is 1. The summed E-state index contributed by atoms with van der Waals surface area (Å²) in [5.74, 6) is -0.252. The largest absolute Gasteiger partial charge is 0.496 e. The third-order valence-corrected chi connectivity index (χ3v) is 5.23. The molecule has 2 aromatic carbocycles. The molecular formula is C26H30O8. The molecule has 8 heteroatoms. The van der Waals surface area contributed by atoms with Gasteiger partial charge in [0.05, 0.1) is 38.7 Å². The number of allylic oxidation sites excluding steroid dienone is 1. The fourth-order valence-electron chi connectivity index (χ4n) is 3.97. The smallest absolute Gasteiger partial charge is 0.313 e. The predicted molar refractivity (Wildman–Crippen MR) is 126 cm³/mol. The lowest BCUT2D eigenvalue weighted by Gasteiger charge is -2.30. The maximum absolute atomic E-state index is 12.6. The van der Waals surface area contributed by atoms with Crippen molar-refractivity contribution in [3.05, 3.63) is 41.5 Å². The van der Waals surface area contributed by atoms with E-state index in [9.17, 15) is 14.4 Å². The lowest BCUT2D eigenvalue weighted by Crippen LogP contribution is -2.30. The summed E-state index contributed by atoms with van der Waals surface area (Å²) in [6.45, 7) is 5.38. The Labute approximate surface area is 198 Å². The summed E-state index contributed by atoms with van der Waals surface area (Å²) in [6, 6.07) is 7.60. The number of esters is 2. The minimum atomic E-state index is -0.657. The van der Waals surface area contributed by atoms with Gasteiger partial charge < -0.3 is 23.7 Å². The number of methoxy groups -OCH3 is 3. The van der Waals surface area contributed by atoms with Crippen molar-refractivity contribution in [2.45, 2.75) is 51.7 Å². The summed E-state index contributed by atoms with van der Waals surface area (Å²) in [5.41, 5.74) is 0.794. The van der Waals surface area contributed by atoms with Crippen LogP contribution in [0.5, 0.6) is 11.5 Å². The van der Waals surface area contributed by atoms with Crippen LogP contribution in [0.25, 0.3) is 16.5 Å². The summed E-state index contributed by atoms with van der Waals surface area (Å²) in [5, 5.41) is 1.61. The Bertz CT molecular complexity index is 1140. The highest BCUT2D eigenvalue weighted by atomic mass is 16.6. The van der Waals surface area contributed by atoms with Crippen LogP contribution in [0.15, 0.2) is 30.3 Å². The molecule has 0 bridgehead atoms. The SMILES string of the molecule is COC(=O)CC(=O)/C=C1\OC(CC(=O)OC(C)(C)C)Cc2cc3cccc(OC)c3c(OC)c21. The zero-order chi connectivity index (χ0) is 25.0. The van der Waals surface area contributed by atoms with Gasteiger partial charge in [-0.15, -0.1) is 0 Å². The van der Waals surface area contributed by atoms with Crippen LogP contribution in [-0.2, 0) is 35.0 Å². The molecule has 1 atom stereocenters. The number of fused-ring (bicyclic) bond motifs is 2. The van der Waals surface area contributed by atoms with E-state index in [-0.39, 0.29) is 12.2 Å². The van der Waals surface area contributed by atoms with Gasteiger partial charge in [0.15, 0.2) is 5.78 Å². The second kappa shape index (κ2) is 10.2. The van der Waals surface area contributed by atoms with Crippen LogP contribution < -0.4 is 9.47 Å². The van der Waals surface area contributed by atoms with Gasteiger partial charge in [-0.2, -0.15) is 0 Å². The molecular weight excluding hydrogens is 440 g/mol. The van der Waals surface area contributed by atoms with Crippen molar-refractivity contribution < 1.29 is 38.1 Å². The highest BCUT2D eigenvalue weighted by Crippen LogP contribution is 2.45. The topological polar surface area (TPSA) is 97.4 Å². The van der Waals surface area contributed by atoms with Crippen LogP contribution in [0.3, 0.4) is 0 Å². The maximum Gasteiger partial charge on any atom is 0.313 e. The van der Waals surface area contributed by atoms with Crippen molar-refractivity contribution in [3.63, 3.8) is 0 Å². The van der Waals surface area contributed by atoms with E-state index in [4.69, 9.17) is 18.9 Å². The molecule has 0 saturated carbocycles. The number of benzene rings is 2. The van der Waals surface area contributed by atoms with Crippen LogP contribution in [0.4, 0.5) is 0 Å². The van der Waals surface area contributed by atoms with Crippen molar-refractivity contribution >= 4 is 34.3 Å². The standard InChI is InChI=1S/C26H30O8/c1-26(2,3)34-22(29)14-18-11-16-10-15-8-7-9-19(30-4)23(15)25(32-6)24(16)20(33-18)12-17(27)13-21(28)31-5/h7-10,12,18H,11,13-14H2,1-6H3/b20-12-. The van der Waals surface area contributed by atoms with Gasteiger partial charge in [0.25, 0.3) is 0 Å². The second-order valence-corrected chi connectivity index (χ2v) is 8.96. The first-order valence-electron chi connectivity index (χ1n) is 10.9. The van der Waals surface area contributed by atoms with Crippen molar-refractivity contribution in [1.29, 1.82) is 0 Å². The molecule has 8 nitrogen and oxygen atoms in total. The fraction of sp³-hybridized carbons (Fsp3) is 0.423. The Kier molecular flexibility index (Phi) is 7.49. The van der Waals surface area contributed by atoms with Crippen molar-refractivity contribution in [2.75, 3.05) is 21.3 Å². The van der Waals surface area contributed by atoms with E-state index < -0.39 is 35.8 Å². The average molecular weight is 471 g/mol. The minimum absolute atomic E-state index is 0.00228. The monoisotopic (exact) mass is 470 g/mol. The minimum Gasteiger partial charge on any atom is -0.496 e. The van der Waals surface area contributed by atoms with Gasteiger partial charge in [-0.1, -0.05) is 12.1 Å². The molecule has 0 aromatic heterocycles. The lowest BCUT2D eigenvalue weighted by molar-refractivity contribution is -0.157. The Morgan fingerprint density at radius 2 is 1.82 bits per heavy atom. The number of hydrogen-bond acceptors (Lipinski definition) is 8. The van der Waals surface area contributed by atoms with E-state index in [2.05, 4.69) is 4.74 Å². The molecule has 1 aliphatic rings. The Morgan fingerprint density at radius 3 is 2.44 bits per heavy atom. The third kappa shape index (κ3) is 5.68. The van der Waals surface area contributed by atoms with E-state index in [0.29, 0.717) is 23.5 Å². The molecule has 1 unspecified atom stereocenters. The molecule has 182 valence electrons. The van der Waals surface area contributed by atoms with Crippen LogP contribution in [-0.4, -0.2) is 50.8 Å². The molecule has 0 N–H and O–H groups in total. The van der Waals surface area contributed by atoms with Crippen LogP contribution in [0, 0.1) is 0 Å². The van der Waals surface area contributed by atoms with Crippen LogP contribution in [0.1, 0.15) is 44.7 Å². The van der Waals surface area contributed by atoms with E-state index in [0.717, 1.165) is 16.3 Å². The number of carbonyl (C=O) groups excluding carboxylic acids is 3. The summed E-state index contributed by atoms with van der Waals surface area (Å²) < 4.78 is 27.5. The number of hydrogen-bond donors (Lipinski definition) is 0. The maximum atomic E-state index is 12.6. The molecule has 34 heavy (non-hydrogen) atoms. The summed E-state index contributed by atoms with van der Waals surface area (Å²) in [7, 11) is 4.31. The Balaban J connectivity index is 2.11. The van der Waals surface area contributed by atoms with Crippen molar-refractivity contribution in [2.24, 2.45) is 0 Å². The summed E-state index contributed by atoms with van der Waals surface area (Å²) >= 11 is 0. The lowest BCUT2D eigenvalue weighted by atomic mass is 9.90. The first-order chi connectivity index (χ1) is 16.1. The fourth-order valence-corrected chi connectivity index (χ4v) is 3.97. The van der Waals surface area contributed by atoms with Gasteiger partial charge in [0, 0.05) is 12.5 Å². The molecule has 0 fully saturated rings. The van der Waals surface area contributed by atoms with Gasteiger partial charge >= 0.3 is 11.9 Å². The first kappa shape index (κ1) is 25.1. The molecule has 1 aliphatic heterocycles. The normalized spacial score (nSPS) is 16.4. The van der Waals surface area contributed by atoms with Crippen LogP contribution >= 0.6 is 0 Å². The predicted octanol–water partition coefficient (Wildman–Crippen LogP) is 4.00. The molecule has 1 heterocycles. The van der Waals surface area contributed by atoms with Gasteiger partial charge in [0.1, 0.15) is 35.4 Å². The summed E-state index contributed by atoms with van der Waals surface area (Å²) in [4.78, 5) is 36.7. The van der Waals surface area contributed by atoms with E-state index in [1.165, 1.54) is 20.3 Å². The zero-order valence-electron chi connectivity index (χ0n) is 20.4. The number of rotatable bonds is 7. The van der Waals surface area contributed by atoms with Gasteiger partial charge in [-0.3, -0.25) is 14.4 Å². The molecule has 0 saturated heterocycles. The number of carbonyl (C=O) groups is 3. The van der Waals surface area contributed by atoms with Gasteiger partial charge in [-0.25, -0.2) is 0 Å². The van der Waals surface area contributed by atoms with E-state index >= 15 is 0 Å². The highest BCUT2D eigenvalue weighted by molar-refractivity contribution is 6.07.